The smallest absolute Gasteiger partial charge is 0.0700 e. The highest BCUT2D eigenvalue weighted by Crippen LogP contribution is 2.40. The number of hydrogen-bond donors (Lipinski definition) is 1. The largest absolute Gasteiger partial charge is 0.317 e. The van der Waals surface area contributed by atoms with Gasteiger partial charge in [0.15, 0.2) is 0 Å². The quantitative estimate of drug-likeness (QED) is 0.904. The van der Waals surface area contributed by atoms with Gasteiger partial charge in [0.1, 0.15) is 0 Å². The van der Waals surface area contributed by atoms with E-state index in [1.165, 1.54) is 88.8 Å². The van der Waals surface area contributed by atoms with Crippen LogP contribution >= 0.6 is 12.4 Å². The monoisotopic (exact) mass is 352 g/mol. The summed E-state index contributed by atoms with van der Waals surface area (Å²) in [5.74, 6) is 0.718. The lowest BCUT2D eigenvalue weighted by Gasteiger charge is -2.34. The first kappa shape index (κ1) is 18.2. The van der Waals surface area contributed by atoms with Gasteiger partial charge in [-0.05, 0) is 57.2 Å². The molecule has 1 aliphatic carbocycles. The zero-order chi connectivity index (χ0) is 15.7. The van der Waals surface area contributed by atoms with Gasteiger partial charge in [-0.2, -0.15) is 5.10 Å². The number of likely N-dealkylation sites (tertiary alicyclic amines) is 1. The normalized spacial score (nSPS) is 25.0. The lowest BCUT2D eigenvalue weighted by Crippen LogP contribution is -2.38. The van der Waals surface area contributed by atoms with Gasteiger partial charge in [0.2, 0.25) is 0 Å². The van der Waals surface area contributed by atoms with Crippen molar-refractivity contribution in [3.8, 4) is 0 Å². The highest BCUT2D eigenvalue weighted by molar-refractivity contribution is 5.85. The van der Waals surface area contributed by atoms with Crippen LogP contribution in [0.4, 0.5) is 0 Å². The summed E-state index contributed by atoms with van der Waals surface area (Å²) < 4.78 is 2.05. The molecule has 136 valence electrons. The molecule has 3 fully saturated rings. The van der Waals surface area contributed by atoms with E-state index in [9.17, 15) is 0 Å². The van der Waals surface area contributed by atoms with Gasteiger partial charge in [-0.25, -0.2) is 0 Å². The molecule has 0 atom stereocenters. The Hall–Kier alpha value is -0.580. The maximum Gasteiger partial charge on any atom is 0.0700 e. The van der Waals surface area contributed by atoms with Gasteiger partial charge >= 0.3 is 0 Å². The average molecular weight is 353 g/mol. The van der Waals surface area contributed by atoms with Crippen LogP contribution in [0.5, 0.6) is 0 Å². The summed E-state index contributed by atoms with van der Waals surface area (Å²) in [6.45, 7) is 6.13. The fourth-order valence-corrected chi connectivity index (χ4v) is 5.17. The van der Waals surface area contributed by atoms with Crippen LogP contribution in [0.3, 0.4) is 0 Å². The molecule has 4 rings (SSSR count). The summed E-state index contributed by atoms with van der Waals surface area (Å²) in [6.07, 6.45) is 13.3. The molecule has 0 amide bonds. The second kappa shape index (κ2) is 7.76. The molecule has 0 unspecified atom stereocenters. The molecule has 3 heterocycles. The number of nitrogens with zero attached hydrogens (tertiary/aromatic N) is 3. The lowest BCUT2D eigenvalue weighted by atomic mass is 9.78. The molecule has 4 nitrogen and oxygen atoms in total. The van der Waals surface area contributed by atoms with Gasteiger partial charge in [-0.15, -0.1) is 12.4 Å². The van der Waals surface area contributed by atoms with Crippen LogP contribution in [0, 0.1) is 5.41 Å². The Kier molecular flexibility index (Phi) is 5.89. The Morgan fingerprint density at radius 2 is 1.92 bits per heavy atom. The maximum absolute atomic E-state index is 4.86. The van der Waals surface area contributed by atoms with E-state index in [2.05, 4.69) is 28.1 Å². The molecule has 1 N–H and O–H groups in total. The Bertz CT molecular complexity index is 529. The zero-order valence-electron chi connectivity index (χ0n) is 15.1. The molecule has 24 heavy (non-hydrogen) atoms. The summed E-state index contributed by atoms with van der Waals surface area (Å²) >= 11 is 0. The number of halogens is 1. The maximum atomic E-state index is 4.86. The Labute approximate surface area is 152 Å². The third-order valence-corrected chi connectivity index (χ3v) is 6.50. The van der Waals surface area contributed by atoms with E-state index in [1.807, 2.05) is 0 Å². The first-order chi connectivity index (χ1) is 11.2. The van der Waals surface area contributed by atoms with Gasteiger partial charge in [0.05, 0.1) is 5.69 Å². The van der Waals surface area contributed by atoms with Crippen LogP contribution in [0.1, 0.15) is 68.5 Å². The average Bonchev–Trinajstić information content (AvgIpc) is 3.13. The minimum atomic E-state index is 0. The van der Waals surface area contributed by atoms with Crippen LogP contribution in [0.15, 0.2) is 6.20 Å². The van der Waals surface area contributed by atoms with Crippen molar-refractivity contribution in [3.05, 3.63) is 17.5 Å². The van der Waals surface area contributed by atoms with Crippen LogP contribution in [0.25, 0.3) is 0 Å². The molecule has 3 aliphatic rings. The van der Waals surface area contributed by atoms with Gasteiger partial charge in [-0.3, -0.25) is 9.58 Å². The van der Waals surface area contributed by atoms with E-state index in [-0.39, 0.29) is 12.4 Å². The second-order valence-corrected chi connectivity index (χ2v) is 8.26. The minimum Gasteiger partial charge on any atom is -0.317 e. The van der Waals surface area contributed by atoms with Crippen molar-refractivity contribution in [2.75, 3.05) is 26.2 Å². The van der Waals surface area contributed by atoms with E-state index >= 15 is 0 Å². The lowest BCUT2D eigenvalue weighted by molar-refractivity contribution is 0.193. The molecule has 1 aromatic rings. The van der Waals surface area contributed by atoms with Crippen molar-refractivity contribution in [1.29, 1.82) is 0 Å². The van der Waals surface area contributed by atoms with Gasteiger partial charge in [0, 0.05) is 37.8 Å². The Morgan fingerprint density at radius 3 is 2.67 bits per heavy atom. The summed E-state index contributed by atoms with van der Waals surface area (Å²) in [5, 5.41) is 8.38. The predicted molar refractivity (Wildman–Crippen MR) is 101 cm³/mol. The minimum absolute atomic E-state index is 0. The number of aryl methyl sites for hydroxylation is 1. The first-order valence-corrected chi connectivity index (χ1v) is 9.70. The van der Waals surface area contributed by atoms with E-state index in [0.717, 1.165) is 12.5 Å². The van der Waals surface area contributed by atoms with Crippen molar-refractivity contribution in [2.45, 2.75) is 63.8 Å². The molecule has 0 bridgehead atoms. The molecular formula is C19H33ClN4. The van der Waals surface area contributed by atoms with Gasteiger partial charge in [0.25, 0.3) is 0 Å². The SMILES string of the molecule is Cl.Cn1cc(CN2CCC3(CCNCC3)C2)c(C2CCCCC2)n1. The van der Waals surface area contributed by atoms with Crippen molar-refractivity contribution >= 4 is 12.4 Å². The van der Waals surface area contributed by atoms with Crippen LogP contribution in [-0.2, 0) is 13.6 Å². The van der Waals surface area contributed by atoms with Crippen LogP contribution in [-0.4, -0.2) is 40.9 Å². The standard InChI is InChI=1S/C19H32N4.ClH/c1-22-13-17(18(21-22)16-5-3-2-4-6-16)14-23-12-9-19(15-23)7-10-20-11-8-19;/h13,16,20H,2-12,14-15H2,1H3;1H. The van der Waals surface area contributed by atoms with Crippen molar-refractivity contribution in [1.82, 2.24) is 20.0 Å². The Balaban J connectivity index is 0.00000169. The van der Waals surface area contributed by atoms with Crippen molar-refractivity contribution in [3.63, 3.8) is 0 Å². The van der Waals surface area contributed by atoms with Crippen molar-refractivity contribution in [2.24, 2.45) is 12.5 Å². The molecule has 0 aromatic carbocycles. The molecule has 1 spiro atoms. The molecule has 0 radical (unpaired) electrons. The van der Waals surface area contributed by atoms with Gasteiger partial charge < -0.3 is 5.32 Å². The van der Waals surface area contributed by atoms with E-state index in [0.29, 0.717) is 5.41 Å². The summed E-state index contributed by atoms with van der Waals surface area (Å²) in [6, 6.07) is 0. The topological polar surface area (TPSA) is 33.1 Å². The molecular weight excluding hydrogens is 320 g/mol. The Morgan fingerprint density at radius 1 is 1.17 bits per heavy atom. The third kappa shape index (κ3) is 3.81. The number of piperidine rings is 1. The first-order valence-electron chi connectivity index (χ1n) is 9.70. The third-order valence-electron chi connectivity index (χ3n) is 6.50. The number of hydrogen-bond acceptors (Lipinski definition) is 3. The zero-order valence-corrected chi connectivity index (χ0v) is 15.9. The second-order valence-electron chi connectivity index (χ2n) is 8.26. The molecule has 2 aliphatic heterocycles. The van der Waals surface area contributed by atoms with E-state index < -0.39 is 0 Å². The summed E-state index contributed by atoms with van der Waals surface area (Å²) in [4.78, 5) is 2.70. The van der Waals surface area contributed by atoms with Crippen LogP contribution in [0.2, 0.25) is 0 Å². The molecule has 2 saturated heterocycles. The fraction of sp³-hybridized carbons (Fsp3) is 0.842. The van der Waals surface area contributed by atoms with E-state index in [4.69, 9.17) is 5.10 Å². The molecule has 1 saturated carbocycles. The summed E-state index contributed by atoms with van der Waals surface area (Å²) in [7, 11) is 2.09. The van der Waals surface area contributed by atoms with Gasteiger partial charge in [-0.1, -0.05) is 19.3 Å². The van der Waals surface area contributed by atoms with Crippen LogP contribution < -0.4 is 5.32 Å². The molecule has 5 heteroatoms. The molecule has 1 aromatic heterocycles. The number of aromatic nitrogens is 2. The van der Waals surface area contributed by atoms with E-state index in [1.54, 1.807) is 0 Å². The fourth-order valence-electron chi connectivity index (χ4n) is 5.17. The number of rotatable bonds is 3. The highest BCUT2D eigenvalue weighted by atomic mass is 35.5. The highest BCUT2D eigenvalue weighted by Gasteiger charge is 2.39. The summed E-state index contributed by atoms with van der Waals surface area (Å²) in [5.41, 5.74) is 3.53. The predicted octanol–water partition coefficient (Wildman–Crippen LogP) is 3.47. The number of nitrogens with one attached hydrogen (secondary N) is 1. The van der Waals surface area contributed by atoms with Crippen molar-refractivity contribution < 1.29 is 0 Å².